The van der Waals surface area contributed by atoms with E-state index in [-0.39, 0.29) is 6.10 Å². The maximum Gasteiger partial charge on any atom is 0.105 e. The van der Waals surface area contributed by atoms with Crippen molar-refractivity contribution >= 4 is 0 Å². The topological polar surface area (TPSA) is 42.2 Å². The second-order valence-corrected chi connectivity index (χ2v) is 3.28. The van der Waals surface area contributed by atoms with Gasteiger partial charge in [0.1, 0.15) is 6.10 Å². The summed E-state index contributed by atoms with van der Waals surface area (Å²) in [6.45, 7) is 2.01. The number of ether oxygens (including phenoxy) is 2. The van der Waals surface area contributed by atoms with Gasteiger partial charge in [0.2, 0.25) is 0 Å². The Balaban J connectivity index is 1.86. The summed E-state index contributed by atoms with van der Waals surface area (Å²) in [5.74, 6) is 0. The fourth-order valence-electron chi connectivity index (χ4n) is 1.20. The van der Waals surface area contributed by atoms with Crippen LogP contribution in [-0.2, 0) is 16.1 Å². The van der Waals surface area contributed by atoms with Gasteiger partial charge in [0.05, 0.1) is 31.5 Å². The van der Waals surface area contributed by atoms with E-state index >= 15 is 0 Å². The molecular weight excluding hydrogens is 178 g/mol. The Morgan fingerprint density at radius 1 is 1.36 bits per heavy atom. The minimum atomic E-state index is 0.255. The first-order chi connectivity index (χ1) is 6.88. The lowest BCUT2D eigenvalue weighted by Gasteiger charge is -2.25. The maximum atomic E-state index is 8.60. The molecule has 72 valence electrons. The highest BCUT2D eigenvalue weighted by Gasteiger charge is 2.18. The minimum Gasteiger partial charge on any atom is -0.376 e. The summed E-state index contributed by atoms with van der Waals surface area (Å²) in [6, 6.07) is 9.51. The molecule has 3 nitrogen and oxygen atoms in total. The second kappa shape index (κ2) is 4.23. The summed E-state index contributed by atoms with van der Waals surface area (Å²) in [5.41, 5.74) is 1.77. The van der Waals surface area contributed by atoms with Crippen molar-refractivity contribution in [2.24, 2.45) is 0 Å². The van der Waals surface area contributed by atoms with Crippen molar-refractivity contribution < 1.29 is 9.47 Å². The molecule has 2 rings (SSSR count). The van der Waals surface area contributed by atoms with Crippen LogP contribution in [0.4, 0.5) is 0 Å². The van der Waals surface area contributed by atoms with Crippen LogP contribution in [0.25, 0.3) is 0 Å². The van der Waals surface area contributed by atoms with E-state index in [9.17, 15) is 0 Å². The SMILES string of the molecule is N#Cc1ccc(COC2COC2)cc1. The van der Waals surface area contributed by atoms with Gasteiger partial charge in [-0.2, -0.15) is 5.26 Å². The van der Waals surface area contributed by atoms with Crippen LogP contribution in [0.3, 0.4) is 0 Å². The summed E-state index contributed by atoms with van der Waals surface area (Å²) < 4.78 is 10.5. The van der Waals surface area contributed by atoms with Crippen molar-refractivity contribution in [3.05, 3.63) is 35.4 Å². The molecule has 1 aromatic rings. The molecule has 0 bridgehead atoms. The van der Waals surface area contributed by atoms with Gasteiger partial charge in [-0.05, 0) is 17.7 Å². The van der Waals surface area contributed by atoms with E-state index in [2.05, 4.69) is 6.07 Å². The molecule has 0 amide bonds. The van der Waals surface area contributed by atoms with Gasteiger partial charge in [0.15, 0.2) is 0 Å². The highest BCUT2D eigenvalue weighted by Crippen LogP contribution is 2.10. The lowest BCUT2D eigenvalue weighted by atomic mass is 10.1. The van der Waals surface area contributed by atoms with Gasteiger partial charge in [0, 0.05) is 0 Å². The molecule has 0 unspecified atom stereocenters. The van der Waals surface area contributed by atoms with Crippen LogP contribution in [-0.4, -0.2) is 19.3 Å². The molecule has 1 saturated heterocycles. The number of benzene rings is 1. The maximum absolute atomic E-state index is 8.60. The summed E-state index contributed by atoms with van der Waals surface area (Å²) in [6.07, 6.45) is 0.255. The fraction of sp³-hybridized carbons (Fsp3) is 0.364. The molecular formula is C11H11NO2. The van der Waals surface area contributed by atoms with E-state index < -0.39 is 0 Å². The molecule has 0 N–H and O–H groups in total. The van der Waals surface area contributed by atoms with Crippen LogP contribution in [0.2, 0.25) is 0 Å². The predicted molar refractivity (Wildman–Crippen MR) is 50.6 cm³/mol. The van der Waals surface area contributed by atoms with E-state index in [1.165, 1.54) is 0 Å². The van der Waals surface area contributed by atoms with Crippen LogP contribution in [0.5, 0.6) is 0 Å². The van der Waals surface area contributed by atoms with Crippen molar-refractivity contribution in [3.8, 4) is 6.07 Å². The number of hydrogen-bond acceptors (Lipinski definition) is 3. The van der Waals surface area contributed by atoms with Crippen molar-refractivity contribution in [3.63, 3.8) is 0 Å². The Bertz CT molecular complexity index is 335. The molecule has 1 aliphatic rings. The van der Waals surface area contributed by atoms with Crippen molar-refractivity contribution in [2.75, 3.05) is 13.2 Å². The van der Waals surface area contributed by atoms with E-state index in [0.29, 0.717) is 25.4 Å². The van der Waals surface area contributed by atoms with E-state index in [1.54, 1.807) is 12.1 Å². The Morgan fingerprint density at radius 3 is 2.57 bits per heavy atom. The van der Waals surface area contributed by atoms with Gasteiger partial charge < -0.3 is 9.47 Å². The lowest BCUT2D eigenvalue weighted by molar-refractivity contribution is -0.135. The van der Waals surface area contributed by atoms with Gasteiger partial charge in [-0.15, -0.1) is 0 Å². The van der Waals surface area contributed by atoms with Crippen LogP contribution in [0, 0.1) is 11.3 Å². The number of nitrogens with zero attached hydrogens (tertiary/aromatic N) is 1. The zero-order valence-electron chi connectivity index (χ0n) is 7.77. The normalized spacial score (nSPS) is 15.9. The van der Waals surface area contributed by atoms with Crippen LogP contribution < -0.4 is 0 Å². The van der Waals surface area contributed by atoms with Crippen LogP contribution in [0.15, 0.2) is 24.3 Å². The van der Waals surface area contributed by atoms with Crippen LogP contribution in [0.1, 0.15) is 11.1 Å². The zero-order chi connectivity index (χ0) is 9.80. The molecule has 14 heavy (non-hydrogen) atoms. The van der Waals surface area contributed by atoms with Gasteiger partial charge in [0.25, 0.3) is 0 Å². The monoisotopic (exact) mass is 189 g/mol. The Morgan fingerprint density at radius 2 is 2.07 bits per heavy atom. The van der Waals surface area contributed by atoms with Gasteiger partial charge in [-0.3, -0.25) is 0 Å². The molecule has 1 fully saturated rings. The predicted octanol–water partition coefficient (Wildman–Crippen LogP) is 1.47. The molecule has 0 saturated carbocycles. The molecule has 0 spiro atoms. The third-order valence-corrected chi connectivity index (χ3v) is 2.18. The first-order valence-electron chi connectivity index (χ1n) is 4.57. The van der Waals surface area contributed by atoms with E-state index in [4.69, 9.17) is 14.7 Å². The average molecular weight is 189 g/mol. The quantitative estimate of drug-likeness (QED) is 0.723. The highest BCUT2D eigenvalue weighted by atomic mass is 16.6. The highest BCUT2D eigenvalue weighted by molar-refractivity contribution is 5.31. The third kappa shape index (κ3) is 2.11. The number of nitriles is 1. The molecule has 0 aromatic heterocycles. The van der Waals surface area contributed by atoms with Crippen molar-refractivity contribution in [1.29, 1.82) is 5.26 Å². The van der Waals surface area contributed by atoms with Crippen molar-refractivity contribution in [2.45, 2.75) is 12.7 Å². The Kier molecular flexibility index (Phi) is 2.78. The zero-order valence-corrected chi connectivity index (χ0v) is 7.77. The third-order valence-electron chi connectivity index (χ3n) is 2.18. The number of rotatable bonds is 3. The lowest BCUT2D eigenvalue weighted by Crippen LogP contribution is -2.35. The molecule has 1 heterocycles. The smallest absolute Gasteiger partial charge is 0.105 e. The average Bonchev–Trinajstić information content (AvgIpc) is 2.16. The summed E-state index contributed by atoms with van der Waals surface area (Å²) in [5, 5.41) is 8.60. The van der Waals surface area contributed by atoms with Gasteiger partial charge in [-0.25, -0.2) is 0 Å². The van der Waals surface area contributed by atoms with Gasteiger partial charge in [-0.1, -0.05) is 12.1 Å². The Hall–Kier alpha value is -1.37. The first-order valence-corrected chi connectivity index (χ1v) is 4.57. The summed E-state index contributed by atoms with van der Waals surface area (Å²) in [7, 11) is 0. The fourth-order valence-corrected chi connectivity index (χ4v) is 1.20. The second-order valence-electron chi connectivity index (χ2n) is 3.28. The minimum absolute atomic E-state index is 0.255. The molecule has 0 radical (unpaired) electrons. The van der Waals surface area contributed by atoms with E-state index in [0.717, 1.165) is 5.56 Å². The standard InChI is InChI=1S/C11H11NO2/c12-5-9-1-3-10(4-2-9)6-14-11-7-13-8-11/h1-4,11H,6-8H2. The van der Waals surface area contributed by atoms with E-state index in [1.807, 2.05) is 12.1 Å². The molecule has 1 aromatic carbocycles. The molecule has 0 aliphatic carbocycles. The van der Waals surface area contributed by atoms with Crippen molar-refractivity contribution in [1.82, 2.24) is 0 Å². The first kappa shape index (κ1) is 9.20. The Labute approximate surface area is 82.9 Å². The number of hydrogen-bond donors (Lipinski definition) is 0. The molecule has 3 heteroatoms. The van der Waals surface area contributed by atoms with Crippen LogP contribution >= 0.6 is 0 Å². The van der Waals surface area contributed by atoms with Gasteiger partial charge >= 0.3 is 0 Å². The largest absolute Gasteiger partial charge is 0.376 e. The summed E-state index contributed by atoms with van der Waals surface area (Å²) in [4.78, 5) is 0. The summed E-state index contributed by atoms with van der Waals surface area (Å²) >= 11 is 0. The molecule has 1 aliphatic heterocycles. The molecule has 0 atom stereocenters.